The molecule has 2 aromatic heterocycles. The number of aryl methyl sites for hydroxylation is 1. The van der Waals surface area contributed by atoms with Crippen LogP contribution in [0.5, 0.6) is 0 Å². The number of carbonyl (C=O) groups excluding carboxylic acids is 1. The second kappa shape index (κ2) is 5.23. The fourth-order valence-corrected chi connectivity index (χ4v) is 3.18. The van der Waals surface area contributed by atoms with Crippen molar-refractivity contribution in [2.75, 3.05) is 31.1 Å². The largest absolute Gasteiger partial charge is 0.353 e. The van der Waals surface area contributed by atoms with E-state index in [2.05, 4.69) is 26.1 Å². The average molecular weight is 300 g/mol. The molecule has 0 aromatic carbocycles. The summed E-state index contributed by atoms with van der Waals surface area (Å²) in [5, 5.41) is 7.93. The highest BCUT2D eigenvalue weighted by Crippen LogP contribution is 2.28. The topological polar surface area (TPSA) is 66.6 Å². The van der Waals surface area contributed by atoms with Crippen molar-refractivity contribution in [1.29, 1.82) is 0 Å². The third-order valence-electron chi connectivity index (χ3n) is 4.83. The molecular weight excluding hydrogens is 280 g/mol. The highest BCUT2D eigenvalue weighted by atomic mass is 16.2. The zero-order valence-corrected chi connectivity index (χ0v) is 12.8. The number of aromatic nitrogens is 4. The minimum absolute atomic E-state index is 0.291. The monoisotopic (exact) mass is 300 g/mol. The van der Waals surface area contributed by atoms with Gasteiger partial charge < -0.3 is 9.80 Å². The lowest BCUT2D eigenvalue weighted by Gasteiger charge is -2.38. The predicted octanol–water partition coefficient (Wildman–Crippen LogP) is 0.881. The Morgan fingerprint density at radius 2 is 2.00 bits per heavy atom. The zero-order valence-electron chi connectivity index (χ0n) is 12.8. The maximum atomic E-state index is 12.3. The second-order valence-corrected chi connectivity index (χ2v) is 6.20. The van der Waals surface area contributed by atoms with Crippen molar-refractivity contribution in [3.05, 3.63) is 18.1 Å². The number of carbonyl (C=O) groups is 1. The van der Waals surface area contributed by atoms with Gasteiger partial charge in [0, 0.05) is 43.9 Å². The number of hydrogen-bond donors (Lipinski definition) is 0. The molecule has 116 valence electrons. The summed E-state index contributed by atoms with van der Waals surface area (Å²) in [7, 11) is 0. The van der Waals surface area contributed by atoms with E-state index in [9.17, 15) is 4.79 Å². The molecule has 0 atom stereocenters. The summed E-state index contributed by atoms with van der Waals surface area (Å²) in [6, 6.07) is 2.06. The number of hydrogen-bond acceptors (Lipinski definition) is 5. The van der Waals surface area contributed by atoms with E-state index in [0.717, 1.165) is 50.5 Å². The number of rotatable bonds is 2. The number of fused-ring (bicyclic) bond motifs is 1. The van der Waals surface area contributed by atoms with Crippen LogP contribution in [-0.2, 0) is 4.79 Å². The third-order valence-corrected chi connectivity index (χ3v) is 4.83. The Labute approximate surface area is 128 Å². The van der Waals surface area contributed by atoms with Crippen LogP contribution in [0.3, 0.4) is 0 Å². The van der Waals surface area contributed by atoms with Gasteiger partial charge in [-0.3, -0.25) is 9.20 Å². The highest BCUT2D eigenvalue weighted by molar-refractivity contribution is 5.79. The Bertz CT molecular complexity index is 699. The normalized spacial score (nSPS) is 19.5. The smallest absolute Gasteiger partial charge is 0.256 e. The Kier molecular flexibility index (Phi) is 3.20. The molecule has 2 aliphatic rings. The van der Waals surface area contributed by atoms with Crippen LogP contribution in [0, 0.1) is 12.8 Å². The minimum atomic E-state index is 0.291. The molecule has 0 bridgehead atoms. The van der Waals surface area contributed by atoms with Gasteiger partial charge in [0.25, 0.3) is 5.78 Å². The van der Waals surface area contributed by atoms with Crippen molar-refractivity contribution in [1.82, 2.24) is 24.5 Å². The fraction of sp³-hybridized carbons (Fsp3) is 0.600. The lowest BCUT2D eigenvalue weighted by atomic mass is 9.84. The van der Waals surface area contributed by atoms with Crippen LogP contribution in [0.25, 0.3) is 5.78 Å². The summed E-state index contributed by atoms with van der Waals surface area (Å²) in [5.41, 5.74) is 1.07. The quantitative estimate of drug-likeness (QED) is 0.824. The minimum Gasteiger partial charge on any atom is -0.353 e. The molecule has 7 heteroatoms. The summed E-state index contributed by atoms with van der Waals surface area (Å²) in [6.45, 7) is 5.25. The number of piperazine rings is 1. The van der Waals surface area contributed by atoms with Crippen molar-refractivity contribution in [2.24, 2.45) is 5.92 Å². The molecule has 1 aliphatic heterocycles. The summed E-state index contributed by atoms with van der Waals surface area (Å²) >= 11 is 0. The molecule has 1 amide bonds. The van der Waals surface area contributed by atoms with Gasteiger partial charge in [0.2, 0.25) is 5.91 Å². The van der Waals surface area contributed by atoms with E-state index >= 15 is 0 Å². The van der Waals surface area contributed by atoms with E-state index < -0.39 is 0 Å². The van der Waals surface area contributed by atoms with Gasteiger partial charge in [0.1, 0.15) is 12.1 Å². The molecule has 0 unspecified atom stereocenters. The van der Waals surface area contributed by atoms with Crippen molar-refractivity contribution in [3.8, 4) is 0 Å². The van der Waals surface area contributed by atoms with Gasteiger partial charge in [-0.25, -0.2) is 0 Å². The molecule has 0 N–H and O–H groups in total. The molecular formula is C15H20N6O. The van der Waals surface area contributed by atoms with E-state index in [1.807, 2.05) is 16.2 Å². The van der Waals surface area contributed by atoms with Gasteiger partial charge >= 0.3 is 0 Å². The van der Waals surface area contributed by atoms with Gasteiger partial charge in [-0.2, -0.15) is 4.98 Å². The molecule has 22 heavy (non-hydrogen) atoms. The maximum Gasteiger partial charge on any atom is 0.256 e. The van der Waals surface area contributed by atoms with Gasteiger partial charge in [0.15, 0.2) is 0 Å². The Balaban J connectivity index is 1.46. The number of anilines is 1. The summed E-state index contributed by atoms with van der Waals surface area (Å²) in [6.07, 6.45) is 5.03. The Morgan fingerprint density at radius 1 is 1.23 bits per heavy atom. The predicted molar refractivity (Wildman–Crippen MR) is 81.7 cm³/mol. The van der Waals surface area contributed by atoms with E-state index in [0.29, 0.717) is 17.6 Å². The molecule has 0 radical (unpaired) electrons. The highest BCUT2D eigenvalue weighted by Gasteiger charge is 2.31. The first-order valence-corrected chi connectivity index (χ1v) is 7.93. The lowest BCUT2D eigenvalue weighted by molar-refractivity contribution is -0.138. The Morgan fingerprint density at radius 3 is 2.68 bits per heavy atom. The molecule has 1 saturated heterocycles. The molecule has 1 aliphatic carbocycles. The number of amides is 1. The standard InChI is InChI=1S/C15H20N6O/c1-11-9-13(17-15-18-16-10-21(11)15)19-5-7-20(8-6-19)14(22)12-3-2-4-12/h9-10,12H,2-8H2,1H3. The molecule has 2 aromatic rings. The van der Waals surface area contributed by atoms with Crippen molar-refractivity contribution >= 4 is 17.5 Å². The van der Waals surface area contributed by atoms with Gasteiger partial charge in [-0.05, 0) is 19.8 Å². The maximum absolute atomic E-state index is 12.3. The molecule has 3 heterocycles. The molecule has 7 nitrogen and oxygen atoms in total. The third kappa shape index (κ3) is 2.20. The summed E-state index contributed by atoms with van der Waals surface area (Å²) in [5.74, 6) is 2.19. The van der Waals surface area contributed by atoms with Crippen LogP contribution in [0.2, 0.25) is 0 Å². The summed E-state index contributed by atoms with van der Waals surface area (Å²) in [4.78, 5) is 21.1. The fourth-order valence-electron chi connectivity index (χ4n) is 3.18. The summed E-state index contributed by atoms with van der Waals surface area (Å²) < 4.78 is 1.87. The SMILES string of the molecule is Cc1cc(N2CCN(C(=O)C3CCC3)CC2)nc2nncn12. The van der Waals surface area contributed by atoms with E-state index in [1.165, 1.54) is 6.42 Å². The van der Waals surface area contributed by atoms with E-state index in [1.54, 1.807) is 6.33 Å². The van der Waals surface area contributed by atoms with E-state index in [4.69, 9.17) is 0 Å². The van der Waals surface area contributed by atoms with Gasteiger partial charge in [-0.1, -0.05) is 6.42 Å². The van der Waals surface area contributed by atoms with Crippen molar-refractivity contribution in [2.45, 2.75) is 26.2 Å². The first-order chi connectivity index (χ1) is 10.7. The molecule has 0 spiro atoms. The lowest BCUT2D eigenvalue weighted by Crippen LogP contribution is -2.51. The number of nitrogens with zero attached hydrogens (tertiary/aromatic N) is 6. The van der Waals surface area contributed by atoms with Crippen LogP contribution in [0.4, 0.5) is 5.82 Å². The van der Waals surface area contributed by atoms with Gasteiger partial charge in [0.05, 0.1) is 0 Å². The van der Waals surface area contributed by atoms with Gasteiger partial charge in [-0.15, -0.1) is 10.2 Å². The molecule has 1 saturated carbocycles. The molecule has 4 rings (SSSR count). The van der Waals surface area contributed by atoms with Crippen LogP contribution in [0.15, 0.2) is 12.4 Å². The van der Waals surface area contributed by atoms with E-state index in [-0.39, 0.29) is 0 Å². The first kappa shape index (κ1) is 13.5. The Hall–Kier alpha value is -2.18. The zero-order chi connectivity index (χ0) is 15.1. The van der Waals surface area contributed by atoms with Crippen molar-refractivity contribution < 1.29 is 4.79 Å². The van der Waals surface area contributed by atoms with Crippen LogP contribution >= 0.6 is 0 Å². The first-order valence-electron chi connectivity index (χ1n) is 7.93. The second-order valence-electron chi connectivity index (χ2n) is 6.20. The molecule has 2 fully saturated rings. The van der Waals surface area contributed by atoms with Crippen LogP contribution < -0.4 is 4.90 Å². The van der Waals surface area contributed by atoms with Crippen LogP contribution in [0.1, 0.15) is 25.0 Å². The van der Waals surface area contributed by atoms with Crippen molar-refractivity contribution in [3.63, 3.8) is 0 Å². The average Bonchev–Trinajstić information content (AvgIpc) is 2.94. The van der Waals surface area contributed by atoms with Crippen LogP contribution in [-0.4, -0.2) is 56.6 Å².